The zero-order valence-electron chi connectivity index (χ0n) is 20.9. The molecule has 0 rings (SSSR count). The number of amides is 1. The van der Waals surface area contributed by atoms with Crippen LogP contribution in [0, 0.1) is 0 Å². The SMILES string of the molecule is CCCCCCCC/C=C\CCCCCCCC(=O)N[C@@H](CCCCN)C(=O)OCC.Cl. The van der Waals surface area contributed by atoms with Gasteiger partial charge in [0, 0.05) is 6.42 Å². The Labute approximate surface area is 204 Å². The lowest BCUT2D eigenvalue weighted by Gasteiger charge is -2.17. The quantitative estimate of drug-likeness (QED) is 0.105. The van der Waals surface area contributed by atoms with Gasteiger partial charge < -0.3 is 15.8 Å². The summed E-state index contributed by atoms with van der Waals surface area (Å²) in [5.74, 6) is -0.388. The van der Waals surface area contributed by atoms with Crippen LogP contribution in [-0.2, 0) is 14.3 Å². The standard InChI is InChI=1S/C26H50N2O3.ClH/c1-3-5-6-7-8-9-10-11-12-13-14-15-16-17-18-22-25(29)28-24(21-19-20-23-27)26(30)31-4-2;/h11-12,24H,3-10,13-23,27H2,1-2H3,(H,28,29);1H/b12-11-;/t24-;/m0./s1. The summed E-state index contributed by atoms with van der Waals surface area (Å²) in [6.45, 7) is 4.96. The molecule has 0 aromatic heterocycles. The Morgan fingerprint density at radius 1 is 0.812 bits per heavy atom. The minimum Gasteiger partial charge on any atom is -0.464 e. The fourth-order valence-corrected chi connectivity index (χ4v) is 3.61. The number of nitrogens with two attached hydrogens (primary N) is 1. The zero-order chi connectivity index (χ0) is 23.0. The van der Waals surface area contributed by atoms with E-state index in [4.69, 9.17) is 10.5 Å². The molecule has 190 valence electrons. The number of esters is 1. The summed E-state index contributed by atoms with van der Waals surface area (Å²) >= 11 is 0. The number of unbranched alkanes of at least 4 members (excludes halogenated alkanes) is 12. The highest BCUT2D eigenvalue weighted by Crippen LogP contribution is 2.10. The van der Waals surface area contributed by atoms with Crippen molar-refractivity contribution in [2.45, 2.75) is 129 Å². The molecule has 1 atom stereocenters. The third-order valence-electron chi connectivity index (χ3n) is 5.52. The molecule has 0 saturated heterocycles. The van der Waals surface area contributed by atoms with Crippen LogP contribution >= 0.6 is 12.4 Å². The second-order valence-corrected chi connectivity index (χ2v) is 8.49. The number of allylic oxidation sites excluding steroid dienone is 2. The second-order valence-electron chi connectivity index (χ2n) is 8.49. The van der Waals surface area contributed by atoms with Crippen molar-refractivity contribution in [3.8, 4) is 0 Å². The van der Waals surface area contributed by atoms with E-state index in [9.17, 15) is 9.59 Å². The summed E-state index contributed by atoms with van der Waals surface area (Å²) < 4.78 is 5.08. The first-order chi connectivity index (χ1) is 15.2. The van der Waals surface area contributed by atoms with Gasteiger partial charge in [0.05, 0.1) is 6.61 Å². The normalized spacial score (nSPS) is 11.8. The Morgan fingerprint density at radius 3 is 1.94 bits per heavy atom. The van der Waals surface area contributed by atoms with Gasteiger partial charge in [-0.25, -0.2) is 4.79 Å². The van der Waals surface area contributed by atoms with Crippen molar-refractivity contribution in [3.63, 3.8) is 0 Å². The summed E-state index contributed by atoms with van der Waals surface area (Å²) in [4.78, 5) is 24.2. The summed E-state index contributed by atoms with van der Waals surface area (Å²) in [7, 11) is 0. The molecule has 0 radical (unpaired) electrons. The first-order valence-electron chi connectivity index (χ1n) is 13.0. The van der Waals surface area contributed by atoms with Gasteiger partial charge in [-0.1, -0.05) is 70.4 Å². The van der Waals surface area contributed by atoms with Crippen LogP contribution in [0.1, 0.15) is 123 Å². The predicted molar refractivity (Wildman–Crippen MR) is 138 cm³/mol. The van der Waals surface area contributed by atoms with Gasteiger partial charge in [0.1, 0.15) is 6.04 Å². The zero-order valence-corrected chi connectivity index (χ0v) is 21.7. The van der Waals surface area contributed by atoms with Crippen molar-refractivity contribution in [1.29, 1.82) is 0 Å². The molecular weight excluding hydrogens is 424 g/mol. The number of halogens is 1. The van der Waals surface area contributed by atoms with Crippen LogP contribution in [0.4, 0.5) is 0 Å². The number of carbonyl (C=O) groups excluding carboxylic acids is 2. The van der Waals surface area contributed by atoms with Gasteiger partial charge in [-0.15, -0.1) is 12.4 Å². The molecule has 0 aromatic carbocycles. The van der Waals surface area contributed by atoms with Crippen LogP contribution in [0.15, 0.2) is 12.2 Å². The lowest BCUT2D eigenvalue weighted by atomic mass is 10.1. The molecule has 32 heavy (non-hydrogen) atoms. The molecule has 0 saturated carbocycles. The minimum atomic E-state index is -0.540. The van der Waals surface area contributed by atoms with E-state index in [2.05, 4.69) is 24.4 Å². The van der Waals surface area contributed by atoms with Crippen LogP contribution in [0.25, 0.3) is 0 Å². The van der Waals surface area contributed by atoms with Crippen molar-refractivity contribution < 1.29 is 14.3 Å². The Hall–Kier alpha value is -1.07. The lowest BCUT2D eigenvalue weighted by molar-refractivity contribution is -0.147. The lowest BCUT2D eigenvalue weighted by Crippen LogP contribution is -2.41. The highest BCUT2D eigenvalue weighted by Gasteiger charge is 2.21. The van der Waals surface area contributed by atoms with Crippen molar-refractivity contribution in [2.24, 2.45) is 5.73 Å². The van der Waals surface area contributed by atoms with Gasteiger partial charge >= 0.3 is 5.97 Å². The summed E-state index contributed by atoms with van der Waals surface area (Å²) in [5, 5.41) is 2.85. The molecule has 0 aliphatic rings. The molecule has 0 unspecified atom stereocenters. The first kappa shape index (κ1) is 33.1. The van der Waals surface area contributed by atoms with E-state index in [-0.39, 0.29) is 24.3 Å². The number of hydrogen-bond donors (Lipinski definition) is 2. The number of hydrogen-bond acceptors (Lipinski definition) is 4. The van der Waals surface area contributed by atoms with Crippen molar-refractivity contribution in [1.82, 2.24) is 5.32 Å². The number of carbonyl (C=O) groups is 2. The molecule has 0 aliphatic carbocycles. The van der Waals surface area contributed by atoms with Crippen LogP contribution in [0.5, 0.6) is 0 Å². The van der Waals surface area contributed by atoms with Crippen LogP contribution in [-0.4, -0.2) is 31.1 Å². The second kappa shape index (κ2) is 26.2. The number of rotatable bonds is 22. The minimum absolute atomic E-state index is 0. The Morgan fingerprint density at radius 2 is 1.38 bits per heavy atom. The Bertz CT molecular complexity index is 458. The highest BCUT2D eigenvalue weighted by atomic mass is 35.5. The Kier molecular flexibility index (Phi) is 27.1. The maximum absolute atomic E-state index is 12.2. The molecule has 3 N–H and O–H groups in total. The largest absolute Gasteiger partial charge is 0.464 e. The smallest absolute Gasteiger partial charge is 0.328 e. The summed E-state index contributed by atoms with van der Waals surface area (Å²) in [6, 6.07) is -0.540. The monoisotopic (exact) mass is 474 g/mol. The van der Waals surface area contributed by atoms with Crippen molar-refractivity contribution in [3.05, 3.63) is 12.2 Å². The van der Waals surface area contributed by atoms with Crippen molar-refractivity contribution in [2.75, 3.05) is 13.2 Å². The van der Waals surface area contributed by atoms with Gasteiger partial charge in [-0.3, -0.25) is 4.79 Å². The molecule has 0 fully saturated rings. The van der Waals surface area contributed by atoms with E-state index in [1.807, 2.05) is 0 Å². The fraction of sp³-hybridized carbons (Fsp3) is 0.846. The maximum atomic E-state index is 12.2. The molecule has 0 aliphatic heterocycles. The molecule has 0 spiro atoms. The maximum Gasteiger partial charge on any atom is 0.328 e. The molecule has 0 bridgehead atoms. The number of nitrogens with one attached hydrogen (secondary N) is 1. The van der Waals surface area contributed by atoms with Crippen molar-refractivity contribution >= 4 is 24.3 Å². The van der Waals surface area contributed by atoms with Gasteiger partial charge in [0.15, 0.2) is 0 Å². The van der Waals surface area contributed by atoms with Gasteiger partial charge in [0.25, 0.3) is 0 Å². The average Bonchev–Trinajstić information content (AvgIpc) is 2.76. The van der Waals surface area contributed by atoms with Gasteiger partial charge in [-0.2, -0.15) is 0 Å². The van der Waals surface area contributed by atoms with E-state index >= 15 is 0 Å². The highest BCUT2D eigenvalue weighted by molar-refractivity contribution is 5.85. The van der Waals surface area contributed by atoms with E-state index in [0.29, 0.717) is 26.0 Å². The van der Waals surface area contributed by atoms with E-state index < -0.39 is 6.04 Å². The summed E-state index contributed by atoms with van der Waals surface area (Å²) in [6.07, 6.45) is 23.5. The molecule has 5 nitrogen and oxygen atoms in total. The van der Waals surface area contributed by atoms with E-state index in [0.717, 1.165) is 32.1 Å². The Balaban J connectivity index is 0. The van der Waals surface area contributed by atoms with Crippen LogP contribution < -0.4 is 11.1 Å². The topological polar surface area (TPSA) is 81.4 Å². The molecule has 6 heteroatoms. The average molecular weight is 475 g/mol. The van der Waals surface area contributed by atoms with E-state index in [1.165, 1.54) is 64.2 Å². The van der Waals surface area contributed by atoms with Crippen LogP contribution in [0.3, 0.4) is 0 Å². The molecular formula is C26H51ClN2O3. The van der Waals surface area contributed by atoms with E-state index in [1.54, 1.807) is 6.92 Å². The predicted octanol–water partition coefficient (Wildman–Crippen LogP) is 6.62. The number of ether oxygens (including phenoxy) is 1. The summed E-state index contributed by atoms with van der Waals surface area (Å²) in [5.41, 5.74) is 5.51. The first-order valence-corrected chi connectivity index (χ1v) is 13.0. The molecule has 0 aromatic rings. The third kappa shape index (κ3) is 22.1. The third-order valence-corrected chi connectivity index (χ3v) is 5.52. The molecule has 0 heterocycles. The molecule has 1 amide bonds. The fourth-order valence-electron chi connectivity index (χ4n) is 3.61. The van der Waals surface area contributed by atoms with Gasteiger partial charge in [0.2, 0.25) is 5.91 Å². The van der Waals surface area contributed by atoms with Gasteiger partial charge in [-0.05, 0) is 64.8 Å². The van der Waals surface area contributed by atoms with Crippen LogP contribution in [0.2, 0.25) is 0 Å².